The first kappa shape index (κ1) is 17.8. The number of nitriles is 1. The maximum Gasteiger partial charge on any atom is 0.226 e. The molecule has 0 spiro atoms. The predicted molar refractivity (Wildman–Crippen MR) is 106 cm³/mol. The number of ether oxygens (including phenoxy) is 2. The first-order chi connectivity index (χ1) is 13.5. The molecule has 28 heavy (non-hydrogen) atoms. The number of nitrogens with zero attached hydrogens (tertiary/aromatic N) is 3. The Morgan fingerprint density at radius 3 is 2.57 bits per heavy atom. The van der Waals surface area contributed by atoms with Crippen molar-refractivity contribution in [2.24, 2.45) is 5.73 Å². The second-order valence-electron chi connectivity index (χ2n) is 6.68. The largest absolute Gasteiger partial charge is 0.497 e. The quantitative estimate of drug-likeness (QED) is 0.760. The van der Waals surface area contributed by atoms with Gasteiger partial charge >= 0.3 is 0 Å². The van der Waals surface area contributed by atoms with Crippen molar-refractivity contribution < 1.29 is 9.47 Å². The van der Waals surface area contributed by atoms with E-state index in [1.807, 2.05) is 62.4 Å². The lowest BCUT2D eigenvalue weighted by Crippen LogP contribution is -2.33. The fraction of sp³-hybridized carbons (Fsp3) is 0.182. The number of hydrogen-bond acceptors (Lipinski definition) is 5. The lowest BCUT2D eigenvalue weighted by atomic mass is 9.91. The van der Waals surface area contributed by atoms with Crippen LogP contribution in [0, 0.1) is 25.2 Å². The number of benzene rings is 2. The molecule has 0 aliphatic carbocycles. The summed E-state index contributed by atoms with van der Waals surface area (Å²) in [6.45, 7) is 3.93. The van der Waals surface area contributed by atoms with Crippen LogP contribution in [0.25, 0.3) is 11.3 Å². The number of aromatic nitrogens is 2. The Kier molecular flexibility index (Phi) is 4.38. The summed E-state index contributed by atoms with van der Waals surface area (Å²) >= 11 is 0. The summed E-state index contributed by atoms with van der Waals surface area (Å²) in [5.41, 5.74) is 11.7. The van der Waals surface area contributed by atoms with Gasteiger partial charge in [-0.1, -0.05) is 24.3 Å². The summed E-state index contributed by atoms with van der Waals surface area (Å²) in [4.78, 5) is 0. The minimum atomic E-state index is -0.866. The van der Waals surface area contributed by atoms with E-state index in [2.05, 4.69) is 11.2 Å². The summed E-state index contributed by atoms with van der Waals surface area (Å²) < 4.78 is 12.9. The van der Waals surface area contributed by atoms with Gasteiger partial charge in [-0.3, -0.25) is 5.73 Å². The second-order valence-corrected chi connectivity index (χ2v) is 6.68. The van der Waals surface area contributed by atoms with Crippen LogP contribution in [0.5, 0.6) is 11.6 Å². The first-order valence-electron chi connectivity index (χ1n) is 8.91. The van der Waals surface area contributed by atoms with Gasteiger partial charge in [0.25, 0.3) is 0 Å². The molecule has 6 heteroatoms. The van der Waals surface area contributed by atoms with Crippen molar-refractivity contribution >= 4 is 5.57 Å². The van der Waals surface area contributed by atoms with E-state index in [0.29, 0.717) is 11.5 Å². The van der Waals surface area contributed by atoms with E-state index in [1.54, 1.807) is 11.8 Å². The zero-order chi connectivity index (χ0) is 19.8. The highest BCUT2D eigenvalue weighted by atomic mass is 16.5. The molecule has 4 rings (SSSR count). The Hall–Kier alpha value is -3.56. The van der Waals surface area contributed by atoms with E-state index in [-0.39, 0.29) is 0 Å². The number of aryl methyl sites for hydroxylation is 2. The third kappa shape index (κ3) is 2.82. The molecule has 2 N–H and O–H groups in total. The van der Waals surface area contributed by atoms with Crippen LogP contribution >= 0.6 is 0 Å². The monoisotopic (exact) mass is 372 g/mol. The van der Waals surface area contributed by atoms with Crippen LogP contribution in [-0.4, -0.2) is 23.1 Å². The van der Waals surface area contributed by atoms with Crippen LogP contribution in [0.4, 0.5) is 0 Å². The normalized spacial score (nSPS) is 15.6. The lowest BCUT2D eigenvalue weighted by Gasteiger charge is -2.25. The van der Waals surface area contributed by atoms with Crippen molar-refractivity contribution in [1.82, 2.24) is 9.78 Å². The minimum absolute atomic E-state index is 0.379. The van der Waals surface area contributed by atoms with Crippen molar-refractivity contribution in [3.8, 4) is 23.4 Å². The summed E-state index contributed by atoms with van der Waals surface area (Å²) in [6.07, 6.45) is -0.866. The smallest absolute Gasteiger partial charge is 0.226 e. The summed E-state index contributed by atoms with van der Waals surface area (Å²) in [7, 11) is 1.62. The van der Waals surface area contributed by atoms with Gasteiger partial charge in [-0.2, -0.15) is 10.4 Å². The summed E-state index contributed by atoms with van der Waals surface area (Å²) in [6, 6.07) is 17.7. The van der Waals surface area contributed by atoms with E-state index in [0.717, 1.165) is 39.4 Å². The second kappa shape index (κ2) is 6.87. The van der Waals surface area contributed by atoms with Crippen LogP contribution < -0.4 is 15.2 Å². The molecule has 1 aliphatic rings. The minimum Gasteiger partial charge on any atom is -0.497 e. The molecule has 140 valence electrons. The highest BCUT2D eigenvalue weighted by molar-refractivity contribution is 5.89. The molecule has 0 radical (unpaired) electrons. The maximum atomic E-state index is 9.75. The van der Waals surface area contributed by atoms with Crippen molar-refractivity contribution in [1.29, 1.82) is 5.26 Å². The zero-order valence-corrected chi connectivity index (χ0v) is 15.9. The molecule has 0 fully saturated rings. The van der Waals surface area contributed by atoms with Gasteiger partial charge in [0, 0.05) is 5.57 Å². The van der Waals surface area contributed by atoms with Crippen LogP contribution in [0.15, 0.2) is 54.1 Å². The Bertz CT molecular complexity index is 1120. The van der Waals surface area contributed by atoms with Gasteiger partial charge in [0.15, 0.2) is 6.23 Å². The molecule has 2 heterocycles. The van der Waals surface area contributed by atoms with Gasteiger partial charge in [-0.05, 0) is 49.2 Å². The van der Waals surface area contributed by atoms with Gasteiger partial charge in [0.2, 0.25) is 5.88 Å². The fourth-order valence-electron chi connectivity index (χ4n) is 3.47. The standard InChI is InChI=1S/C22H20N4O2/c1-13-5-4-6-16(11-13)26-22-19(14(2)25-26)20(18(12-23)21(24)28-22)15-7-9-17(27-3)10-8-15/h4-11,21H,24H2,1-3H3. The molecule has 2 aromatic carbocycles. The van der Waals surface area contributed by atoms with Gasteiger partial charge in [-0.25, -0.2) is 4.68 Å². The Labute approximate surface area is 163 Å². The first-order valence-corrected chi connectivity index (χ1v) is 8.91. The maximum absolute atomic E-state index is 9.75. The fourth-order valence-corrected chi connectivity index (χ4v) is 3.47. The molecular formula is C22H20N4O2. The topological polar surface area (TPSA) is 86.1 Å². The van der Waals surface area contributed by atoms with Gasteiger partial charge in [-0.15, -0.1) is 0 Å². The summed E-state index contributed by atoms with van der Waals surface area (Å²) in [5, 5.41) is 14.4. The van der Waals surface area contributed by atoms with E-state index < -0.39 is 6.23 Å². The Balaban J connectivity index is 1.96. The highest BCUT2D eigenvalue weighted by Crippen LogP contribution is 2.42. The third-order valence-electron chi connectivity index (χ3n) is 4.81. The number of methoxy groups -OCH3 is 1. The SMILES string of the molecule is COc1ccc(C2=C(C#N)C(N)Oc3c2c(C)nn3-c2cccc(C)c2)cc1. The van der Waals surface area contributed by atoms with Crippen LogP contribution in [0.1, 0.15) is 22.4 Å². The van der Waals surface area contributed by atoms with Gasteiger partial charge < -0.3 is 9.47 Å². The van der Waals surface area contributed by atoms with Crippen LogP contribution in [0.2, 0.25) is 0 Å². The average Bonchev–Trinajstić information content (AvgIpc) is 3.03. The Morgan fingerprint density at radius 1 is 1.18 bits per heavy atom. The third-order valence-corrected chi connectivity index (χ3v) is 4.81. The number of fused-ring (bicyclic) bond motifs is 1. The van der Waals surface area contributed by atoms with Crippen molar-refractivity contribution in [2.75, 3.05) is 7.11 Å². The summed E-state index contributed by atoms with van der Waals surface area (Å²) in [5.74, 6) is 1.28. The van der Waals surface area contributed by atoms with Crippen LogP contribution in [0.3, 0.4) is 0 Å². The van der Waals surface area contributed by atoms with E-state index >= 15 is 0 Å². The van der Waals surface area contributed by atoms with E-state index in [1.165, 1.54) is 0 Å². The predicted octanol–water partition coefficient (Wildman–Crippen LogP) is 3.50. The van der Waals surface area contributed by atoms with Crippen LogP contribution in [-0.2, 0) is 0 Å². The van der Waals surface area contributed by atoms with Crippen molar-refractivity contribution in [2.45, 2.75) is 20.1 Å². The average molecular weight is 372 g/mol. The van der Waals surface area contributed by atoms with E-state index in [4.69, 9.17) is 15.2 Å². The molecule has 0 saturated heterocycles. The molecule has 1 unspecified atom stereocenters. The number of rotatable bonds is 3. The highest BCUT2D eigenvalue weighted by Gasteiger charge is 2.33. The molecule has 6 nitrogen and oxygen atoms in total. The number of hydrogen-bond donors (Lipinski definition) is 1. The van der Waals surface area contributed by atoms with Gasteiger partial charge in [0.1, 0.15) is 11.8 Å². The van der Waals surface area contributed by atoms with Crippen molar-refractivity contribution in [3.63, 3.8) is 0 Å². The molecule has 0 bridgehead atoms. The molecular weight excluding hydrogens is 352 g/mol. The zero-order valence-electron chi connectivity index (χ0n) is 15.9. The Morgan fingerprint density at radius 2 is 1.93 bits per heavy atom. The molecule has 1 aliphatic heterocycles. The molecule has 1 aromatic heterocycles. The molecule has 3 aromatic rings. The number of nitrogens with two attached hydrogens (primary N) is 1. The van der Waals surface area contributed by atoms with Crippen molar-refractivity contribution in [3.05, 3.63) is 76.5 Å². The molecule has 0 amide bonds. The lowest BCUT2D eigenvalue weighted by molar-refractivity contribution is 0.228. The molecule has 0 saturated carbocycles. The molecule has 1 atom stereocenters. The van der Waals surface area contributed by atoms with E-state index in [9.17, 15) is 5.26 Å². The van der Waals surface area contributed by atoms with Gasteiger partial charge in [0.05, 0.1) is 29.6 Å².